The van der Waals surface area contributed by atoms with Gasteiger partial charge in [0.15, 0.2) is 0 Å². The van der Waals surface area contributed by atoms with E-state index < -0.39 is 21.3 Å². The molecule has 0 aliphatic rings. The second kappa shape index (κ2) is 8.33. The first kappa shape index (κ1) is 18.5. The fourth-order valence-corrected chi connectivity index (χ4v) is 1.94. The molecule has 0 aromatic heterocycles. The highest BCUT2D eigenvalue weighted by molar-refractivity contribution is 5.85. The molecule has 0 amide bonds. The summed E-state index contributed by atoms with van der Waals surface area (Å²) >= 11 is 0. The first-order valence-electron chi connectivity index (χ1n) is 7.29. The number of aliphatic imine (C=N–C) groups is 2. The van der Waals surface area contributed by atoms with Crippen LogP contribution in [0, 0.1) is 20.2 Å². The lowest BCUT2D eigenvalue weighted by atomic mass is 10.2. The molecule has 0 unspecified atom stereocenters. The van der Waals surface area contributed by atoms with Gasteiger partial charge in [-0.1, -0.05) is 23.6 Å². The molecule has 26 heavy (non-hydrogen) atoms. The molecule has 0 saturated carbocycles. The van der Waals surface area contributed by atoms with Gasteiger partial charge in [0.25, 0.3) is 11.4 Å². The fraction of sp³-hybridized carbons (Fsp3) is 0.125. The maximum absolute atomic E-state index is 11.6. The zero-order valence-corrected chi connectivity index (χ0v) is 13.3. The first-order chi connectivity index (χ1) is 12.4. The van der Waals surface area contributed by atoms with Crippen LogP contribution in [-0.4, -0.2) is 35.4 Å². The molecule has 10 nitrogen and oxygen atoms in total. The smallest absolute Gasteiger partial charge is 0.270 e. The van der Waals surface area contributed by atoms with Gasteiger partial charge in [-0.15, -0.1) is 0 Å². The van der Waals surface area contributed by atoms with Gasteiger partial charge in [-0.3, -0.25) is 30.2 Å². The SMILES string of the molecule is O=[N+]([O-])c1ccc([O-])c(C=NCCN=Cc2cc([N+](=O)[O-])ccc2[O-])c1. The maximum Gasteiger partial charge on any atom is 0.270 e. The lowest BCUT2D eigenvalue weighted by molar-refractivity contribution is -0.385. The van der Waals surface area contributed by atoms with Crippen LogP contribution in [0.4, 0.5) is 11.4 Å². The first-order valence-corrected chi connectivity index (χ1v) is 7.29. The third-order valence-corrected chi connectivity index (χ3v) is 3.23. The molecule has 0 aliphatic carbocycles. The molecule has 0 spiro atoms. The van der Waals surface area contributed by atoms with E-state index in [2.05, 4.69) is 9.98 Å². The normalized spacial score (nSPS) is 11.2. The Labute approximate surface area is 147 Å². The zero-order valence-electron chi connectivity index (χ0n) is 13.3. The number of non-ortho nitro benzene ring substituents is 2. The highest BCUT2D eigenvalue weighted by atomic mass is 16.6. The summed E-state index contributed by atoms with van der Waals surface area (Å²) in [6, 6.07) is 6.67. The van der Waals surface area contributed by atoms with E-state index in [9.17, 15) is 30.4 Å². The minimum absolute atomic E-state index is 0.0868. The molecule has 0 heterocycles. The maximum atomic E-state index is 11.6. The number of nitro groups is 2. The summed E-state index contributed by atoms with van der Waals surface area (Å²) < 4.78 is 0. The topological polar surface area (TPSA) is 157 Å². The van der Waals surface area contributed by atoms with Crippen LogP contribution < -0.4 is 10.2 Å². The Kier molecular flexibility index (Phi) is 5.93. The minimum Gasteiger partial charge on any atom is -0.872 e. The Balaban J connectivity index is 1.97. The van der Waals surface area contributed by atoms with Gasteiger partial charge in [-0.25, -0.2) is 0 Å². The predicted octanol–water partition coefficient (Wildman–Crippen LogP) is 1.19. The van der Waals surface area contributed by atoms with Gasteiger partial charge in [0.2, 0.25) is 0 Å². The van der Waals surface area contributed by atoms with Crippen LogP contribution in [0.3, 0.4) is 0 Å². The largest absolute Gasteiger partial charge is 0.872 e. The van der Waals surface area contributed by atoms with Crippen LogP contribution in [-0.2, 0) is 0 Å². The van der Waals surface area contributed by atoms with Crippen LogP contribution in [0.1, 0.15) is 11.1 Å². The summed E-state index contributed by atoms with van der Waals surface area (Å²) in [5.41, 5.74) is -0.247. The lowest BCUT2D eigenvalue weighted by Crippen LogP contribution is -2.00. The molecule has 2 aromatic carbocycles. The number of nitro benzene ring substituents is 2. The van der Waals surface area contributed by atoms with E-state index in [1.807, 2.05) is 0 Å². The van der Waals surface area contributed by atoms with Gasteiger partial charge < -0.3 is 10.2 Å². The number of hydrogen-bond donors (Lipinski definition) is 0. The Morgan fingerprint density at radius 3 is 1.50 bits per heavy atom. The summed E-state index contributed by atoms with van der Waals surface area (Å²) in [5, 5.41) is 44.5. The number of hydrogen-bond acceptors (Lipinski definition) is 8. The summed E-state index contributed by atoms with van der Waals surface area (Å²) in [4.78, 5) is 28.0. The molecular weight excluding hydrogens is 344 g/mol. The lowest BCUT2D eigenvalue weighted by Gasteiger charge is -2.08. The third-order valence-electron chi connectivity index (χ3n) is 3.23. The highest BCUT2D eigenvalue weighted by Gasteiger charge is 2.06. The van der Waals surface area contributed by atoms with Crippen LogP contribution in [0.2, 0.25) is 0 Å². The van der Waals surface area contributed by atoms with Crippen molar-refractivity contribution in [3.8, 4) is 11.5 Å². The summed E-state index contributed by atoms with van der Waals surface area (Å²) in [6.07, 6.45) is 2.44. The number of benzene rings is 2. The average Bonchev–Trinajstić information content (AvgIpc) is 2.60. The summed E-state index contributed by atoms with van der Waals surface area (Å²) in [7, 11) is 0. The van der Waals surface area contributed by atoms with Crippen LogP contribution >= 0.6 is 0 Å². The van der Waals surface area contributed by atoms with Gasteiger partial charge >= 0.3 is 0 Å². The van der Waals surface area contributed by atoms with Crippen molar-refractivity contribution in [3.63, 3.8) is 0 Å². The van der Waals surface area contributed by atoms with Crippen molar-refractivity contribution in [1.82, 2.24) is 0 Å². The molecule has 0 radical (unpaired) electrons. The molecule has 10 heteroatoms. The van der Waals surface area contributed by atoms with Crippen molar-refractivity contribution >= 4 is 23.8 Å². The zero-order chi connectivity index (χ0) is 19.1. The van der Waals surface area contributed by atoms with Gasteiger partial charge in [0.05, 0.1) is 22.9 Å². The predicted molar refractivity (Wildman–Crippen MR) is 90.0 cm³/mol. The molecule has 0 atom stereocenters. The molecule has 0 N–H and O–H groups in total. The fourth-order valence-electron chi connectivity index (χ4n) is 1.94. The Hall–Kier alpha value is -3.82. The van der Waals surface area contributed by atoms with Crippen molar-refractivity contribution in [1.29, 1.82) is 0 Å². The minimum atomic E-state index is -0.610. The molecule has 0 aliphatic heterocycles. The molecule has 2 rings (SSSR count). The second-order valence-electron chi connectivity index (χ2n) is 5.03. The van der Waals surface area contributed by atoms with E-state index in [1.54, 1.807) is 0 Å². The second-order valence-corrected chi connectivity index (χ2v) is 5.03. The van der Waals surface area contributed by atoms with E-state index in [0.29, 0.717) is 0 Å². The number of rotatable bonds is 7. The van der Waals surface area contributed by atoms with Crippen molar-refractivity contribution < 1.29 is 20.1 Å². The highest BCUT2D eigenvalue weighted by Crippen LogP contribution is 2.20. The Morgan fingerprint density at radius 1 is 0.769 bits per heavy atom. The van der Waals surface area contributed by atoms with Gasteiger partial charge in [0, 0.05) is 36.7 Å². The monoisotopic (exact) mass is 356 g/mol. The number of nitrogens with zero attached hydrogens (tertiary/aromatic N) is 4. The molecule has 0 bridgehead atoms. The van der Waals surface area contributed by atoms with Gasteiger partial charge in [-0.05, 0) is 11.1 Å². The molecule has 0 fully saturated rings. The van der Waals surface area contributed by atoms with Crippen molar-refractivity contribution in [2.75, 3.05) is 13.1 Å². The van der Waals surface area contributed by atoms with Crippen molar-refractivity contribution in [2.45, 2.75) is 0 Å². The standard InChI is InChI=1S/C16H14N4O6/c21-15-3-1-13(19(23)24)7-11(15)9-17-5-6-18-10-12-8-14(20(25)26)2-4-16(12)22/h1-4,7-10,21-22H,5-6H2/p-2. The molecule has 2 aromatic rings. The summed E-state index contributed by atoms with van der Waals surface area (Å²) in [5.74, 6) is -0.786. The van der Waals surface area contributed by atoms with Crippen LogP contribution in [0.15, 0.2) is 46.4 Å². The van der Waals surface area contributed by atoms with E-state index in [-0.39, 0.29) is 35.6 Å². The average molecular weight is 356 g/mol. The summed E-state index contributed by atoms with van der Waals surface area (Å²) in [6.45, 7) is 0.337. The van der Waals surface area contributed by atoms with E-state index >= 15 is 0 Å². The Morgan fingerprint density at radius 2 is 1.15 bits per heavy atom. The van der Waals surface area contributed by atoms with E-state index in [0.717, 1.165) is 36.4 Å². The van der Waals surface area contributed by atoms with Gasteiger partial charge in [-0.2, -0.15) is 0 Å². The van der Waals surface area contributed by atoms with E-state index in [1.165, 1.54) is 12.4 Å². The van der Waals surface area contributed by atoms with Gasteiger partial charge in [0.1, 0.15) is 0 Å². The van der Waals surface area contributed by atoms with E-state index in [4.69, 9.17) is 0 Å². The van der Waals surface area contributed by atoms with Crippen LogP contribution in [0.5, 0.6) is 11.5 Å². The van der Waals surface area contributed by atoms with Crippen molar-refractivity contribution in [3.05, 3.63) is 67.8 Å². The quantitative estimate of drug-likeness (QED) is 0.314. The Bertz CT molecular complexity index is 821. The molecule has 0 saturated heterocycles. The van der Waals surface area contributed by atoms with Crippen molar-refractivity contribution in [2.24, 2.45) is 9.98 Å². The molecule has 134 valence electrons. The van der Waals surface area contributed by atoms with Crippen LogP contribution in [0.25, 0.3) is 0 Å². The molecular formula is C16H12N4O6-2. The third kappa shape index (κ3) is 4.84.